The normalized spacial score (nSPS) is 26.8. The maximum Gasteiger partial charge on any atom is 0.359 e. The number of nitrogens with zero attached hydrogens (tertiary/aromatic N) is 1. The number of fused-ring (bicyclic) bond motifs is 1. The first-order chi connectivity index (χ1) is 11.5. The molecule has 2 aliphatic heterocycles. The second-order valence-electron chi connectivity index (χ2n) is 6.08. The average Bonchev–Trinajstić information content (AvgIpc) is 2.63. The zero-order valence-electron chi connectivity index (χ0n) is 13.5. The van der Waals surface area contributed by atoms with Crippen LogP contribution in [0.3, 0.4) is 0 Å². The Bertz CT molecular complexity index is 754. The molecule has 1 unspecified atom stereocenters. The highest BCUT2D eigenvalue weighted by atomic mass is 32.2. The highest BCUT2D eigenvalue weighted by Gasteiger charge is 2.68. The highest BCUT2D eigenvalue weighted by Crippen LogP contribution is 2.46. The van der Waals surface area contributed by atoms with Gasteiger partial charge in [-0.1, -0.05) is 12.7 Å². The van der Waals surface area contributed by atoms with Crippen LogP contribution in [0, 0.1) is 0 Å². The minimum absolute atomic E-state index is 0.251. The molecule has 0 aromatic rings. The van der Waals surface area contributed by atoms with Crippen LogP contribution in [-0.4, -0.2) is 71.1 Å². The third-order valence-electron chi connectivity index (χ3n) is 4.21. The molecule has 0 aliphatic carbocycles. The smallest absolute Gasteiger partial charge is 0.359 e. The van der Waals surface area contributed by atoms with Crippen molar-refractivity contribution in [3.05, 3.63) is 12.7 Å². The molecular formula is C14H17NO9S. The fraction of sp³-hybridized carbons (Fsp3) is 0.571. The van der Waals surface area contributed by atoms with E-state index in [4.69, 9.17) is 5.11 Å². The lowest BCUT2D eigenvalue weighted by Gasteiger charge is -2.36. The average molecular weight is 375 g/mol. The number of carboxylic acid groups (broad SMARTS) is 1. The van der Waals surface area contributed by atoms with Gasteiger partial charge in [-0.05, 0) is 13.8 Å². The third kappa shape index (κ3) is 2.77. The number of hydrogen-bond acceptors (Lipinski definition) is 8. The van der Waals surface area contributed by atoms with Gasteiger partial charge in [0.1, 0.15) is 18.0 Å². The zero-order valence-corrected chi connectivity index (χ0v) is 14.3. The van der Waals surface area contributed by atoms with Gasteiger partial charge in [-0.3, -0.25) is 4.79 Å². The number of aliphatic carboxylic acids is 1. The number of carbonyl (C=O) groups excluding carboxylic acids is 3. The molecule has 3 atom stereocenters. The highest BCUT2D eigenvalue weighted by molar-refractivity contribution is 7.93. The van der Waals surface area contributed by atoms with Gasteiger partial charge in [0, 0.05) is 0 Å². The predicted molar refractivity (Wildman–Crippen MR) is 80.7 cm³/mol. The molecule has 0 aromatic heterocycles. The summed E-state index contributed by atoms with van der Waals surface area (Å²) in [6.07, 6.45) is -1.34. The van der Waals surface area contributed by atoms with Crippen LogP contribution in [0.5, 0.6) is 0 Å². The van der Waals surface area contributed by atoms with Gasteiger partial charge in [0.2, 0.25) is 5.91 Å². The number of amides is 1. The van der Waals surface area contributed by atoms with Crippen LogP contribution in [-0.2, 0) is 38.5 Å². The topological polar surface area (TPSA) is 144 Å². The summed E-state index contributed by atoms with van der Waals surface area (Å²) in [5, 5.41) is 7.90. The predicted octanol–water partition coefficient (Wildman–Crippen LogP) is -1.15. The molecule has 25 heavy (non-hydrogen) atoms. The summed E-state index contributed by atoms with van der Waals surface area (Å²) in [6.45, 7) is 5.47. The first kappa shape index (κ1) is 18.9. The van der Waals surface area contributed by atoms with Crippen LogP contribution in [0.4, 0.5) is 0 Å². The van der Waals surface area contributed by atoms with E-state index in [9.17, 15) is 27.6 Å². The number of ether oxygens (including phenoxy) is 2. The van der Waals surface area contributed by atoms with Crippen molar-refractivity contribution in [2.24, 2.45) is 0 Å². The molecule has 2 heterocycles. The van der Waals surface area contributed by atoms with Gasteiger partial charge in [0.05, 0.1) is 11.2 Å². The molecule has 2 fully saturated rings. The lowest BCUT2D eigenvalue weighted by atomic mass is 9.98. The number of esters is 2. The van der Waals surface area contributed by atoms with E-state index in [-0.39, 0.29) is 13.0 Å². The minimum atomic E-state index is -3.86. The molecule has 10 nitrogen and oxygen atoms in total. The van der Waals surface area contributed by atoms with E-state index in [1.165, 1.54) is 19.9 Å². The van der Waals surface area contributed by atoms with Crippen molar-refractivity contribution < 1.29 is 42.2 Å². The number of β-lactam (4-membered cyclic amide) rings is 1. The van der Waals surface area contributed by atoms with Crippen LogP contribution in [0.25, 0.3) is 0 Å². The fourth-order valence-electron chi connectivity index (χ4n) is 2.81. The van der Waals surface area contributed by atoms with E-state index in [0.717, 1.165) is 4.90 Å². The maximum absolute atomic E-state index is 12.4. The molecule has 138 valence electrons. The summed E-state index contributed by atoms with van der Waals surface area (Å²) >= 11 is 0. The fourth-order valence-corrected chi connectivity index (χ4v) is 4.93. The van der Waals surface area contributed by atoms with Crippen molar-refractivity contribution in [2.75, 3.05) is 6.61 Å². The SMILES string of the molecule is C=CCOC(=O)C(OC(=O)[C@@H]1N2C(=O)C[C@H]2S(=O)(=O)C1(C)C)C(=O)O. The van der Waals surface area contributed by atoms with E-state index in [1.807, 2.05) is 0 Å². The summed E-state index contributed by atoms with van der Waals surface area (Å²) in [5.41, 5.74) is 0. The Kier molecular flexibility index (Phi) is 4.64. The van der Waals surface area contributed by atoms with Gasteiger partial charge >= 0.3 is 17.9 Å². The van der Waals surface area contributed by atoms with Crippen molar-refractivity contribution >= 4 is 33.7 Å². The Hall–Kier alpha value is -2.43. The maximum atomic E-state index is 12.4. The monoisotopic (exact) mass is 375 g/mol. The van der Waals surface area contributed by atoms with Crippen molar-refractivity contribution in [3.63, 3.8) is 0 Å². The lowest BCUT2D eigenvalue weighted by Crippen LogP contribution is -2.58. The Labute approximate surface area is 143 Å². The Morgan fingerprint density at radius 2 is 2.04 bits per heavy atom. The van der Waals surface area contributed by atoms with Crippen molar-refractivity contribution in [3.8, 4) is 0 Å². The number of sulfone groups is 1. The first-order valence-electron chi connectivity index (χ1n) is 7.22. The van der Waals surface area contributed by atoms with E-state index < -0.39 is 55.9 Å². The Balaban J connectivity index is 2.26. The van der Waals surface area contributed by atoms with Gasteiger partial charge in [0.25, 0.3) is 6.10 Å². The molecule has 0 bridgehead atoms. The zero-order chi connectivity index (χ0) is 19.2. The molecular weight excluding hydrogens is 358 g/mol. The molecule has 2 saturated heterocycles. The van der Waals surface area contributed by atoms with Gasteiger partial charge in [-0.25, -0.2) is 22.8 Å². The number of carboxylic acids is 1. The largest absolute Gasteiger partial charge is 0.478 e. The molecule has 0 spiro atoms. The Morgan fingerprint density at radius 1 is 1.44 bits per heavy atom. The summed E-state index contributed by atoms with van der Waals surface area (Å²) < 4.78 is 32.4. The van der Waals surface area contributed by atoms with E-state index in [1.54, 1.807) is 0 Å². The standard InChI is InChI=1S/C14H17NO9S/c1-4-5-23-12(19)9(11(17)18)24-13(20)10-14(2,3)25(21,22)8-6-7(16)15(8)10/h4,8-10H,1,5-6H2,2-3H3,(H,17,18)/t8-,9?,10+/m1/s1. The molecule has 1 N–H and O–H groups in total. The van der Waals surface area contributed by atoms with Crippen molar-refractivity contribution in [1.82, 2.24) is 4.90 Å². The van der Waals surface area contributed by atoms with Crippen LogP contribution < -0.4 is 0 Å². The van der Waals surface area contributed by atoms with E-state index in [0.29, 0.717) is 0 Å². The van der Waals surface area contributed by atoms with Crippen molar-refractivity contribution in [1.29, 1.82) is 0 Å². The van der Waals surface area contributed by atoms with Gasteiger partial charge in [-0.2, -0.15) is 0 Å². The summed E-state index contributed by atoms with van der Waals surface area (Å²) in [6, 6.07) is -1.54. The molecule has 0 radical (unpaired) electrons. The van der Waals surface area contributed by atoms with Gasteiger partial charge < -0.3 is 19.5 Å². The minimum Gasteiger partial charge on any atom is -0.478 e. The third-order valence-corrected chi connectivity index (χ3v) is 7.01. The summed E-state index contributed by atoms with van der Waals surface area (Å²) in [5.74, 6) is -4.99. The molecule has 2 rings (SSSR count). The number of hydrogen-bond donors (Lipinski definition) is 1. The molecule has 0 saturated carbocycles. The van der Waals surface area contributed by atoms with Gasteiger partial charge in [-0.15, -0.1) is 0 Å². The van der Waals surface area contributed by atoms with Crippen molar-refractivity contribution in [2.45, 2.75) is 42.5 Å². The summed E-state index contributed by atoms with van der Waals surface area (Å²) in [7, 11) is -3.86. The van der Waals surface area contributed by atoms with E-state index >= 15 is 0 Å². The molecule has 2 aliphatic rings. The number of rotatable bonds is 6. The second-order valence-corrected chi connectivity index (χ2v) is 8.77. The quantitative estimate of drug-likeness (QED) is 0.263. The lowest BCUT2D eigenvalue weighted by molar-refractivity contribution is -0.181. The number of carbonyl (C=O) groups is 4. The van der Waals surface area contributed by atoms with Crippen LogP contribution >= 0.6 is 0 Å². The first-order valence-corrected chi connectivity index (χ1v) is 8.77. The summed E-state index contributed by atoms with van der Waals surface area (Å²) in [4.78, 5) is 47.8. The molecule has 0 aromatic carbocycles. The molecule has 1 amide bonds. The van der Waals surface area contributed by atoms with Crippen LogP contribution in [0.1, 0.15) is 20.3 Å². The van der Waals surface area contributed by atoms with Gasteiger partial charge in [0.15, 0.2) is 9.84 Å². The van der Waals surface area contributed by atoms with Crippen LogP contribution in [0.15, 0.2) is 12.7 Å². The van der Waals surface area contributed by atoms with E-state index in [2.05, 4.69) is 16.1 Å². The second kappa shape index (κ2) is 6.14. The Morgan fingerprint density at radius 3 is 2.52 bits per heavy atom. The molecule has 11 heteroatoms. The van der Waals surface area contributed by atoms with Crippen LogP contribution in [0.2, 0.25) is 0 Å².